The molecule has 17 heavy (non-hydrogen) atoms. The van der Waals surface area contributed by atoms with Crippen molar-refractivity contribution < 1.29 is 22.7 Å². The molecular weight excluding hydrogens is 244 g/mol. The average Bonchev–Trinajstić information content (AvgIpc) is 2.58. The van der Waals surface area contributed by atoms with Crippen molar-refractivity contribution in [1.29, 1.82) is 0 Å². The standard InChI is InChI=1S/C11H12O5S/c1-15-10(12)11(16-2)7-17(13,14)9-6-4-3-5-8(9)11/h3-6H,7H2,1-2H3/t11-/m1/s1. The zero-order valence-electron chi connectivity index (χ0n) is 9.47. The minimum atomic E-state index is -3.51. The SMILES string of the molecule is COC(=O)[C@@]1(OC)CS(=O)(=O)c2ccccc21. The Morgan fingerprint density at radius 2 is 1.94 bits per heavy atom. The average molecular weight is 256 g/mol. The number of carbonyl (C=O) groups is 1. The van der Waals surface area contributed by atoms with Crippen LogP contribution >= 0.6 is 0 Å². The molecule has 0 bridgehead atoms. The first kappa shape index (κ1) is 12.1. The number of carbonyl (C=O) groups excluding carboxylic acids is 1. The van der Waals surface area contributed by atoms with Crippen LogP contribution in [0.5, 0.6) is 0 Å². The van der Waals surface area contributed by atoms with Crippen LogP contribution in [0.25, 0.3) is 0 Å². The van der Waals surface area contributed by atoms with E-state index in [0.717, 1.165) is 0 Å². The summed E-state index contributed by atoms with van der Waals surface area (Å²) in [4.78, 5) is 11.9. The molecule has 0 aromatic heterocycles. The van der Waals surface area contributed by atoms with Crippen LogP contribution in [0.15, 0.2) is 29.2 Å². The molecule has 0 unspecified atom stereocenters. The fraction of sp³-hybridized carbons (Fsp3) is 0.364. The van der Waals surface area contributed by atoms with E-state index in [0.29, 0.717) is 5.56 Å². The largest absolute Gasteiger partial charge is 0.467 e. The summed E-state index contributed by atoms with van der Waals surface area (Å²) in [6.07, 6.45) is 0. The molecule has 92 valence electrons. The monoisotopic (exact) mass is 256 g/mol. The highest BCUT2D eigenvalue weighted by Crippen LogP contribution is 2.41. The molecule has 1 heterocycles. The van der Waals surface area contributed by atoms with Gasteiger partial charge in [-0.25, -0.2) is 13.2 Å². The number of fused-ring (bicyclic) bond motifs is 1. The Kier molecular flexibility index (Phi) is 2.71. The van der Waals surface area contributed by atoms with Crippen LogP contribution in [0.4, 0.5) is 0 Å². The second kappa shape index (κ2) is 3.82. The zero-order chi connectivity index (χ0) is 12.7. The molecule has 2 rings (SSSR count). The number of methoxy groups -OCH3 is 2. The lowest BCUT2D eigenvalue weighted by Crippen LogP contribution is -2.40. The molecule has 1 atom stereocenters. The first-order valence-corrected chi connectivity index (χ1v) is 6.59. The second-order valence-electron chi connectivity index (χ2n) is 3.78. The van der Waals surface area contributed by atoms with Crippen LogP contribution in [0.3, 0.4) is 0 Å². The maximum absolute atomic E-state index is 12.0. The van der Waals surface area contributed by atoms with Gasteiger partial charge in [-0.2, -0.15) is 0 Å². The van der Waals surface area contributed by atoms with Gasteiger partial charge in [0.25, 0.3) is 0 Å². The molecule has 1 aliphatic rings. The minimum absolute atomic E-state index is 0.132. The van der Waals surface area contributed by atoms with E-state index in [1.54, 1.807) is 18.2 Å². The lowest BCUT2D eigenvalue weighted by molar-refractivity contribution is -0.164. The Balaban J connectivity index is 2.72. The lowest BCUT2D eigenvalue weighted by Gasteiger charge is -2.23. The summed E-state index contributed by atoms with van der Waals surface area (Å²) in [5, 5.41) is 0. The van der Waals surface area contributed by atoms with E-state index in [2.05, 4.69) is 4.74 Å². The minimum Gasteiger partial charge on any atom is -0.467 e. The Bertz CT molecular complexity index is 563. The van der Waals surface area contributed by atoms with Gasteiger partial charge in [-0.1, -0.05) is 18.2 Å². The smallest absolute Gasteiger partial charge is 0.343 e. The normalized spacial score (nSPS) is 25.3. The summed E-state index contributed by atoms with van der Waals surface area (Å²) in [5.41, 5.74) is -1.20. The molecule has 1 aromatic carbocycles. The van der Waals surface area contributed by atoms with Gasteiger partial charge in [-0.3, -0.25) is 0 Å². The van der Waals surface area contributed by atoms with E-state index in [9.17, 15) is 13.2 Å². The molecule has 5 nitrogen and oxygen atoms in total. The fourth-order valence-corrected chi connectivity index (χ4v) is 4.02. The van der Waals surface area contributed by atoms with Gasteiger partial charge in [-0.05, 0) is 6.07 Å². The van der Waals surface area contributed by atoms with Crippen LogP contribution in [-0.4, -0.2) is 34.4 Å². The molecule has 1 aromatic rings. The Labute approximate surface area is 99.3 Å². The molecule has 0 saturated heterocycles. The van der Waals surface area contributed by atoms with Crippen molar-refractivity contribution in [2.75, 3.05) is 20.0 Å². The van der Waals surface area contributed by atoms with Crippen LogP contribution in [0, 0.1) is 0 Å². The summed E-state index contributed by atoms with van der Waals surface area (Å²) in [7, 11) is -1.00. The van der Waals surface area contributed by atoms with Crippen molar-refractivity contribution in [2.45, 2.75) is 10.5 Å². The molecule has 0 N–H and O–H groups in total. The summed E-state index contributed by atoms with van der Waals surface area (Å²) in [6, 6.07) is 6.31. The van der Waals surface area contributed by atoms with Crippen molar-refractivity contribution in [2.24, 2.45) is 0 Å². The highest BCUT2D eigenvalue weighted by atomic mass is 32.2. The van der Waals surface area contributed by atoms with Crippen molar-refractivity contribution in [1.82, 2.24) is 0 Å². The highest BCUT2D eigenvalue weighted by molar-refractivity contribution is 7.91. The molecule has 6 heteroatoms. The number of hydrogen-bond donors (Lipinski definition) is 0. The maximum Gasteiger partial charge on any atom is 0.343 e. The summed E-state index contributed by atoms with van der Waals surface area (Å²) in [6.45, 7) is 0. The van der Waals surface area contributed by atoms with Gasteiger partial charge in [0.1, 0.15) is 0 Å². The van der Waals surface area contributed by atoms with E-state index in [-0.39, 0.29) is 4.90 Å². The molecule has 0 spiro atoms. The molecular formula is C11H12O5S. The van der Waals surface area contributed by atoms with E-state index >= 15 is 0 Å². The van der Waals surface area contributed by atoms with Crippen LogP contribution in [0.2, 0.25) is 0 Å². The number of benzene rings is 1. The first-order chi connectivity index (χ1) is 7.98. The molecule has 0 amide bonds. The van der Waals surface area contributed by atoms with Gasteiger partial charge >= 0.3 is 5.97 Å². The van der Waals surface area contributed by atoms with Gasteiger partial charge in [0.15, 0.2) is 9.84 Å². The van der Waals surface area contributed by atoms with Crippen LogP contribution in [0.1, 0.15) is 5.56 Å². The van der Waals surface area contributed by atoms with E-state index in [1.165, 1.54) is 20.3 Å². The van der Waals surface area contributed by atoms with Crippen molar-refractivity contribution >= 4 is 15.8 Å². The molecule has 0 saturated carbocycles. The third-order valence-corrected chi connectivity index (χ3v) is 4.73. The number of hydrogen-bond acceptors (Lipinski definition) is 5. The van der Waals surface area contributed by atoms with Crippen molar-refractivity contribution in [3.8, 4) is 0 Å². The number of esters is 1. The second-order valence-corrected chi connectivity index (χ2v) is 5.74. The predicted octanol–water partition coefficient (Wildman–Crippen LogP) is 0.489. The lowest BCUT2D eigenvalue weighted by atomic mass is 9.96. The Morgan fingerprint density at radius 1 is 1.29 bits per heavy atom. The van der Waals surface area contributed by atoms with Crippen molar-refractivity contribution in [3.05, 3.63) is 29.8 Å². The molecule has 0 radical (unpaired) electrons. The van der Waals surface area contributed by atoms with Crippen molar-refractivity contribution in [3.63, 3.8) is 0 Å². The molecule has 0 aliphatic carbocycles. The Hall–Kier alpha value is -1.40. The van der Waals surface area contributed by atoms with Crippen LogP contribution in [-0.2, 0) is 29.7 Å². The third-order valence-electron chi connectivity index (χ3n) is 2.91. The van der Waals surface area contributed by atoms with Gasteiger partial charge in [0, 0.05) is 12.7 Å². The summed E-state index contributed by atoms with van der Waals surface area (Å²) < 4.78 is 33.7. The van der Waals surface area contributed by atoms with Gasteiger partial charge in [0.05, 0.1) is 17.8 Å². The topological polar surface area (TPSA) is 69.7 Å². The quantitative estimate of drug-likeness (QED) is 0.720. The van der Waals surface area contributed by atoms with Gasteiger partial charge in [0.2, 0.25) is 5.60 Å². The fourth-order valence-electron chi connectivity index (χ4n) is 2.08. The predicted molar refractivity (Wildman–Crippen MR) is 59.2 cm³/mol. The van der Waals surface area contributed by atoms with E-state index in [1.807, 2.05) is 0 Å². The third kappa shape index (κ3) is 1.56. The number of rotatable bonds is 2. The van der Waals surface area contributed by atoms with E-state index < -0.39 is 27.2 Å². The maximum atomic E-state index is 12.0. The molecule has 1 aliphatic heterocycles. The van der Waals surface area contributed by atoms with Gasteiger partial charge in [-0.15, -0.1) is 0 Å². The number of ether oxygens (including phenoxy) is 2. The summed E-state index contributed by atoms with van der Waals surface area (Å²) in [5.74, 6) is -1.11. The highest BCUT2D eigenvalue weighted by Gasteiger charge is 2.53. The Morgan fingerprint density at radius 3 is 2.53 bits per heavy atom. The first-order valence-electron chi connectivity index (χ1n) is 4.94. The zero-order valence-corrected chi connectivity index (χ0v) is 10.3. The van der Waals surface area contributed by atoms with Gasteiger partial charge < -0.3 is 9.47 Å². The van der Waals surface area contributed by atoms with Crippen LogP contribution < -0.4 is 0 Å². The number of sulfone groups is 1. The molecule has 0 fully saturated rings. The van der Waals surface area contributed by atoms with E-state index in [4.69, 9.17) is 4.74 Å². The summed E-state index contributed by atoms with van der Waals surface area (Å²) >= 11 is 0.